The van der Waals surface area contributed by atoms with E-state index in [0.29, 0.717) is 66.8 Å². The summed E-state index contributed by atoms with van der Waals surface area (Å²) in [6.07, 6.45) is 5.18. The largest absolute Gasteiger partial charge is 0.484 e. The van der Waals surface area contributed by atoms with Crippen LogP contribution in [0.3, 0.4) is 0 Å². The predicted molar refractivity (Wildman–Crippen MR) is 142 cm³/mol. The van der Waals surface area contributed by atoms with Crippen molar-refractivity contribution in [1.29, 1.82) is 0 Å². The third kappa shape index (κ3) is 5.50. The summed E-state index contributed by atoms with van der Waals surface area (Å²) in [7, 11) is 0. The Kier molecular flexibility index (Phi) is 7.14. The minimum absolute atomic E-state index is 0.0324. The number of hydrogen-bond donors (Lipinski definition) is 3. The van der Waals surface area contributed by atoms with Gasteiger partial charge < -0.3 is 24.9 Å². The van der Waals surface area contributed by atoms with E-state index in [1.807, 2.05) is 12.1 Å². The van der Waals surface area contributed by atoms with Crippen LogP contribution in [0.5, 0.6) is 5.75 Å². The summed E-state index contributed by atoms with van der Waals surface area (Å²) in [5.41, 5.74) is 1.66. The van der Waals surface area contributed by atoms with Crippen molar-refractivity contribution in [2.45, 2.75) is 56.9 Å². The van der Waals surface area contributed by atoms with Crippen LogP contribution in [-0.2, 0) is 19.6 Å². The van der Waals surface area contributed by atoms with Crippen molar-refractivity contribution in [1.82, 2.24) is 20.2 Å². The molecule has 212 valence electrons. The minimum Gasteiger partial charge on any atom is -0.484 e. The van der Waals surface area contributed by atoms with Gasteiger partial charge in [0.1, 0.15) is 18.2 Å². The molecule has 1 spiro atoms. The molecule has 2 fully saturated rings. The number of aliphatic hydroxyl groups is 1. The molecule has 1 aromatic carbocycles. The third-order valence-corrected chi connectivity index (χ3v) is 8.47. The lowest BCUT2D eigenvalue weighted by Crippen LogP contribution is -2.42. The fourth-order valence-corrected chi connectivity index (χ4v) is 6.06. The first kappa shape index (κ1) is 26.9. The van der Waals surface area contributed by atoms with Gasteiger partial charge >= 0.3 is 0 Å². The van der Waals surface area contributed by atoms with Gasteiger partial charge in [-0.2, -0.15) is 0 Å². The first-order valence-corrected chi connectivity index (χ1v) is 13.7. The van der Waals surface area contributed by atoms with Gasteiger partial charge in [0.2, 0.25) is 0 Å². The molecule has 2 aliphatic carbocycles. The SMILES string of the molecule is O=C(NC[C@H](O)CN1CCc2c(ccc(OCc3cnco3)c2Cl)C1)c1ccnc(NC2CC3(C2)CC3(F)F)c1. The Morgan fingerprint density at radius 1 is 1.32 bits per heavy atom. The number of carbonyl (C=O) groups excluding carboxylic acids is 1. The second kappa shape index (κ2) is 10.6. The number of aliphatic hydroxyl groups excluding tert-OH is 1. The fourth-order valence-electron chi connectivity index (χ4n) is 5.72. The summed E-state index contributed by atoms with van der Waals surface area (Å²) < 4.78 is 37.9. The van der Waals surface area contributed by atoms with Crippen molar-refractivity contribution in [3.63, 3.8) is 0 Å². The molecule has 2 aromatic heterocycles. The molecule has 9 nitrogen and oxygen atoms in total. The summed E-state index contributed by atoms with van der Waals surface area (Å²) in [5.74, 6) is -1.20. The quantitative estimate of drug-likeness (QED) is 0.333. The summed E-state index contributed by atoms with van der Waals surface area (Å²) in [6, 6.07) is 6.93. The summed E-state index contributed by atoms with van der Waals surface area (Å²) in [5, 5.41) is 17.1. The Morgan fingerprint density at radius 3 is 2.90 bits per heavy atom. The fraction of sp³-hybridized carbons (Fsp3) is 0.464. The van der Waals surface area contributed by atoms with Gasteiger partial charge in [0, 0.05) is 55.8 Å². The number of alkyl halides is 2. The van der Waals surface area contributed by atoms with Crippen molar-refractivity contribution >= 4 is 23.3 Å². The van der Waals surface area contributed by atoms with Gasteiger partial charge in [-0.25, -0.2) is 18.7 Å². The van der Waals surface area contributed by atoms with Crippen LogP contribution in [0.15, 0.2) is 47.5 Å². The third-order valence-electron chi connectivity index (χ3n) is 8.06. The van der Waals surface area contributed by atoms with Crippen molar-refractivity contribution in [3.8, 4) is 5.75 Å². The van der Waals surface area contributed by atoms with Crippen LogP contribution in [0, 0.1) is 5.41 Å². The molecule has 6 rings (SSSR count). The number of anilines is 1. The minimum atomic E-state index is -2.54. The molecular weight excluding hydrogens is 544 g/mol. The second-order valence-electron chi connectivity index (χ2n) is 11.0. The number of oxazole rings is 1. The maximum absolute atomic E-state index is 13.4. The Balaban J connectivity index is 0.960. The molecule has 3 heterocycles. The number of fused-ring (bicyclic) bond motifs is 1. The molecule has 0 bridgehead atoms. The van der Waals surface area contributed by atoms with E-state index in [2.05, 4.69) is 25.5 Å². The number of β-amino-alcohol motifs (C(OH)–C–C–N with tert-alkyl or cyclic N) is 1. The number of nitrogens with zero attached hydrogens (tertiary/aromatic N) is 3. The second-order valence-corrected chi connectivity index (χ2v) is 11.3. The number of pyridine rings is 1. The molecule has 0 saturated heterocycles. The lowest BCUT2D eigenvalue weighted by molar-refractivity contribution is 0.0247. The molecule has 2 saturated carbocycles. The average molecular weight is 574 g/mol. The molecule has 40 heavy (non-hydrogen) atoms. The number of rotatable bonds is 10. The monoisotopic (exact) mass is 573 g/mol. The highest BCUT2D eigenvalue weighted by Gasteiger charge is 2.75. The molecule has 1 aliphatic heterocycles. The topological polar surface area (TPSA) is 113 Å². The molecular formula is C28H30ClF2N5O4. The van der Waals surface area contributed by atoms with Gasteiger partial charge in [-0.1, -0.05) is 17.7 Å². The maximum atomic E-state index is 13.4. The lowest BCUT2D eigenvalue weighted by Gasteiger charge is -2.36. The van der Waals surface area contributed by atoms with E-state index < -0.39 is 17.4 Å². The van der Waals surface area contributed by atoms with Gasteiger partial charge in [-0.15, -0.1) is 0 Å². The van der Waals surface area contributed by atoms with Gasteiger partial charge in [0.15, 0.2) is 12.2 Å². The van der Waals surface area contributed by atoms with E-state index >= 15 is 0 Å². The van der Waals surface area contributed by atoms with Crippen LogP contribution in [0.4, 0.5) is 14.6 Å². The number of amides is 1. The normalized spacial score (nSPS) is 23.6. The Bertz CT molecular complexity index is 1380. The average Bonchev–Trinajstić information content (AvgIpc) is 3.23. The zero-order valence-electron chi connectivity index (χ0n) is 21.7. The molecule has 0 unspecified atom stereocenters. The van der Waals surface area contributed by atoms with Crippen molar-refractivity contribution < 1.29 is 27.8 Å². The lowest BCUT2D eigenvalue weighted by atomic mass is 9.76. The van der Waals surface area contributed by atoms with Crippen molar-refractivity contribution in [2.75, 3.05) is 25.0 Å². The Labute approximate surface area is 234 Å². The number of aromatic nitrogens is 2. The van der Waals surface area contributed by atoms with Crippen molar-refractivity contribution in [3.05, 3.63) is 70.5 Å². The molecule has 3 N–H and O–H groups in total. The molecule has 3 aromatic rings. The van der Waals surface area contributed by atoms with Crippen LogP contribution < -0.4 is 15.4 Å². The van der Waals surface area contributed by atoms with Crippen LogP contribution in [0.1, 0.15) is 46.5 Å². The number of nitrogens with one attached hydrogen (secondary N) is 2. The highest BCUT2D eigenvalue weighted by molar-refractivity contribution is 6.33. The molecule has 0 radical (unpaired) electrons. The van der Waals surface area contributed by atoms with E-state index in [0.717, 1.165) is 11.1 Å². The number of benzene rings is 1. The first-order valence-electron chi connectivity index (χ1n) is 13.3. The zero-order chi connectivity index (χ0) is 27.9. The van der Waals surface area contributed by atoms with Crippen LogP contribution in [0.2, 0.25) is 5.02 Å². The summed E-state index contributed by atoms with van der Waals surface area (Å²) in [4.78, 5) is 22.9. The van der Waals surface area contributed by atoms with E-state index in [9.17, 15) is 18.7 Å². The van der Waals surface area contributed by atoms with E-state index in [-0.39, 0.29) is 31.5 Å². The van der Waals surface area contributed by atoms with Crippen LogP contribution >= 0.6 is 11.6 Å². The Morgan fingerprint density at radius 2 is 2.15 bits per heavy atom. The highest BCUT2D eigenvalue weighted by Crippen LogP contribution is 2.71. The van der Waals surface area contributed by atoms with Crippen molar-refractivity contribution in [2.24, 2.45) is 5.41 Å². The number of hydrogen-bond acceptors (Lipinski definition) is 8. The summed E-state index contributed by atoms with van der Waals surface area (Å²) >= 11 is 6.61. The first-order chi connectivity index (χ1) is 19.2. The van der Waals surface area contributed by atoms with Gasteiger partial charge in [-0.3, -0.25) is 9.69 Å². The van der Waals surface area contributed by atoms with E-state index in [1.54, 1.807) is 18.3 Å². The molecule has 1 amide bonds. The zero-order valence-corrected chi connectivity index (χ0v) is 22.5. The smallest absolute Gasteiger partial charge is 0.254 e. The maximum Gasteiger partial charge on any atom is 0.254 e. The van der Waals surface area contributed by atoms with Gasteiger partial charge in [0.05, 0.1) is 17.3 Å². The number of ether oxygens (including phenoxy) is 1. The standard InChI is InChI=1S/C28H30ClF2N5O4/c29-25-22-4-6-36(12-18(22)1-2-23(25)39-14-21-11-32-16-40-21)13-20(37)10-34-26(38)17-3-5-33-24(7-17)35-19-8-27(9-19)15-28(27,30)31/h1-3,5,7,11,16,19-20,37H,4,6,8-10,12-15H2,(H,33,35)(H,34,38)/t19?,20-,27?/m0/s1. The molecule has 12 heteroatoms. The van der Waals surface area contributed by atoms with Crippen LogP contribution in [0.25, 0.3) is 0 Å². The summed E-state index contributed by atoms with van der Waals surface area (Å²) in [6.45, 7) is 2.04. The van der Waals surface area contributed by atoms with Crippen LogP contribution in [-0.4, -0.2) is 63.6 Å². The van der Waals surface area contributed by atoms with Gasteiger partial charge in [-0.05, 0) is 48.6 Å². The predicted octanol–water partition coefficient (Wildman–Crippen LogP) is 4.05. The Hall–Kier alpha value is -3.28. The molecule has 3 aliphatic rings. The van der Waals surface area contributed by atoms with E-state index in [4.69, 9.17) is 20.8 Å². The number of halogens is 3. The highest BCUT2D eigenvalue weighted by atomic mass is 35.5. The van der Waals surface area contributed by atoms with Gasteiger partial charge in [0.25, 0.3) is 11.8 Å². The molecule has 1 atom stereocenters. The van der Waals surface area contributed by atoms with E-state index in [1.165, 1.54) is 12.6 Å². The number of carbonyl (C=O) groups is 1.